The number of anilines is 1. The van der Waals surface area contributed by atoms with E-state index in [9.17, 15) is 0 Å². The summed E-state index contributed by atoms with van der Waals surface area (Å²) < 4.78 is 2.43. The highest BCUT2D eigenvalue weighted by Gasteiger charge is 2.57. The fourth-order valence-corrected chi connectivity index (χ4v) is 9.68. The van der Waals surface area contributed by atoms with Crippen LogP contribution in [0.4, 0.5) is 5.69 Å². The molecule has 1 aliphatic heterocycles. The normalized spacial score (nSPS) is 16.5. The molecule has 1 aliphatic rings. The van der Waals surface area contributed by atoms with Crippen LogP contribution in [-0.4, -0.2) is 26.5 Å². The highest BCUT2D eigenvalue weighted by atomic mass is 15.3. The van der Waals surface area contributed by atoms with Gasteiger partial charge >= 0.3 is 0 Å². The molecule has 0 unspecified atom stereocenters. The van der Waals surface area contributed by atoms with E-state index in [1.54, 1.807) is 0 Å². The van der Waals surface area contributed by atoms with E-state index in [1.807, 2.05) is 6.20 Å². The van der Waals surface area contributed by atoms with Crippen LogP contribution in [-0.2, 0) is 0 Å². The zero-order chi connectivity index (χ0) is 39.6. The van der Waals surface area contributed by atoms with Crippen molar-refractivity contribution in [2.24, 2.45) is 4.99 Å². The molecule has 0 bridgehead atoms. The van der Waals surface area contributed by atoms with E-state index in [0.29, 0.717) is 0 Å². The zero-order valence-electron chi connectivity index (χ0n) is 34.3. The Morgan fingerprint density at radius 1 is 0.526 bits per heavy atom. The lowest BCUT2D eigenvalue weighted by Gasteiger charge is -2.48. The molecule has 0 amide bonds. The van der Waals surface area contributed by atoms with Crippen LogP contribution >= 0.6 is 0 Å². The summed E-state index contributed by atoms with van der Waals surface area (Å²) in [5.74, 6) is 0.987. The number of nitrogens with zero attached hydrogens (tertiary/aromatic N) is 4. The molecular formula is C53H50N4. The molecule has 0 saturated carbocycles. The highest BCUT2D eigenvalue weighted by molar-refractivity contribution is 6.15. The summed E-state index contributed by atoms with van der Waals surface area (Å²) >= 11 is 0. The van der Waals surface area contributed by atoms with Gasteiger partial charge in [0.2, 0.25) is 0 Å². The highest BCUT2D eigenvalue weighted by Crippen LogP contribution is 2.53. The number of amidine groups is 1. The van der Waals surface area contributed by atoms with Crippen LogP contribution in [0.15, 0.2) is 157 Å². The monoisotopic (exact) mass is 742 g/mol. The van der Waals surface area contributed by atoms with E-state index >= 15 is 0 Å². The standard InChI is InChI=1S/C53H50N4/c1-34-25-26-54-46(31-34)41-23-24-45-44-21-15-16-22-47(44)56(48(45)33-41)43-30-36(3)29-42(32-43)51-55-53(8,49(39-17-11-9-12-18-39)40-19-13-10-14-20-40)52(6,7)57(51)50-37(4)27-35(2)28-38(50)5/h9-33,49H,1-8H3/t53-/m1/s1. The zero-order valence-corrected chi connectivity index (χ0v) is 34.3. The summed E-state index contributed by atoms with van der Waals surface area (Å²) in [5.41, 5.74) is 15.5. The van der Waals surface area contributed by atoms with Gasteiger partial charge in [-0.1, -0.05) is 109 Å². The molecule has 9 rings (SSSR count). The van der Waals surface area contributed by atoms with Crippen LogP contribution in [0.5, 0.6) is 0 Å². The van der Waals surface area contributed by atoms with Crippen LogP contribution in [0, 0.1) is 34.6 Å². The van der Waals surface area contributed by atoms with Gasteiger partial charge in [-0.2, -0.15) is 0 Å². The van der Waals surface area contributed by atoms with Gasteiger partial charge in [-0.3, -0.25) is 9.98 Å². The minimum absolute atomic E-state index is 0.00349. The van der Waals surface area contributed by atoms with Crippen LogP contribution in [0.1, 0.15) is 71.2 Å². The number of hydrogen-bond donors (Lipinski definition) is 0. The van der Waals surface area contributed by atoms with Crippen LogP contribution in [0.25, 0.3) is 38.8 Å². The predicted molar refractivity (Wildman–Crippen MR) is 240 cm³/mol. The van der Waals surface area contributed by atoms with Gasteiger partial charge in [0.25, 0.3) is 0 Å². The molecule has 57 heavy (non-hydrogen) atoms. The second-order valence-corrected chi connectivity index (χ2v) is 16.8. The van der Waals surface area contributed by atoms with Gasteiger partial charge in [-0.25, -0.2) is 0 Å². The minimum Gasteiger partial charge on any atom is -0.318 e. The third-order valence-corrected chi connectivity index (χ3v) is 12.5. The third-order valence-electron chi connectivity index (χ3n) is 12.5. The predicted octanol–water partition coefficient (Wildman–Crippen LogP) is 13.0. The number of aromatic nitrogens is 2. The molecule has 0 saturated heterocycles. The number of rotatable bonds is 7. The largest absolute Gasteiger partial charge is 0.318 e. The fourth-order valence-electron chi connectivity index (χ4n) is 9.68. The van der Waals surface area contributed by atoms with Crippen LogP contribution in [0.3, 0.4) is 0 Å². The number of fused-ring (bicyclic) bond motifs is 3. The lowest BCUT2D eigenvalue weighted by atomic mass is 9.67. The SMILES string of the molecule is Cc1cc(C2=N[C@](C)(C(c3ccccc3)c3ccccc3)C(C)(C)N2c2c(C)cc(C)cc2C)cc(-n2c3ccccc3c3ccc(-c4cc(C)ccn4)cc32)c1. The average molecular weight is 743 g/mol. The molecule has 0 radical (unpaired) electrons. The van der Waals surface area contributed by atoms with Gasteiger partial charge in [0.05, 0.1) is 27.8 Å². The minimum atomic E-state index is -0.568. The number of aryl methyl sites for hydroxylation is 5. The molecular weight excluding hydrogens is 693 g/mol. The Labute approximate surface area is 337 Å². The van der Waals surface area contributed by atoms with Gasteiger partial charge in [-0.05, 0) is 131 Å². The first-order valence-corrected chi connectivity index (χ1v) is 20.1. The van der Waals surface area contributed by atoms with E-state index in [0.717, 1.165) is 33.9 Å². The molecule has 8 aromatic rings. The molecule has 1 atom stereocenters. The van der Waals surface area contributed by atoms with Gasteiger partial charge in [0, 0.05) is 45.4 Å². The summed E-state index contributed by atoms with van der Waals surface area (Å²) in [5, 5.41) is 2.45. The lowest BCUT2D eigenvalue weighted by Crippen LogP contribution is -2.57. The number of para-hydroxylation sites is 1. The van der Waals surface area contributed by atoms with Gasteiger partial charge in [-0.15, -0.1) is 0 Å². The van der Waals surface area contributed by atoms with E-state index in [2.05, 4.69) is 210 Å². The molecule has 0 spiro atoms. The number of aliphatic imine (C=N–C) groups is 1. The first-order chi connectivity index (χ1) is 27.4. The molecule has 4 nitrogen and oxygen atoms in total. The molecule has 4 heteroatoms. The lowest BCUT2D eigenvalue weighted by molar-refractivity contribution is 0.279. The second kappa shape index (κ2) is 13.7. The van der Waals surface area contributed by atoms with Crippen molar-refractivity contribution in [1.29, 1.82) is 0 Å². The maximum atomic E-state index is 6.03. The average Bonchev–Trinajstić information content (AvgIpc) is 3.63. The van der Waals surface area contributed by atoms with Crippen molar-refractivity contribution in [3.05, 3.63) is 196 Å². The summed E-state index contributed by atoms with van der Waals surface area (Å²) in [6.45, 7) is 18.2. The van der Waals surface area contributed by atoms with Gasteiger partial charge in [0.1, 0.15) is 5.84 Å². The third kappa shape index (κ3) is 5.98. The van der Waals surface area contributed by atoms with Crippen molar-refractivity contribution in [2.45, 2.75) is 72.4 Å². The Balaban J connectivity index is 1.31. The van der Waals surface area contributed by atoms with Crippen LogP contribution < -0.4 is 4.90 Å². The molecule has 0 aliphatic carbocycles. The van der Waals surface area contributed by atoms with Crippen molar-refractivity contribution < 1.29 is 0 Å². The van der Waals surface area contributed by atoms with Crippen molar-refractivity contribution in [3.8, 4) is 16.9 Å². The van der Waals surface area contributed by atoms with Crippen molar-refractivity contribution in [2.75, 3.05) is 4.90 Å². The van der Waals surface area contributed by atoms with Crippen molar-refractivity contribution in [1.82, 2.24) is 9.55 Å². The second-order valence-electron chi connectivity index (χ2n) is 16.8. The van der Waals surface area contributed by atoms with Crippen molar-refractivity contribution in [3.63, 3.8) is 0 Å². The van der Waals surface area contributed by atoms with E-state index in [-0.39, 0.29) is 5.92 Å². The first kappa shape index (κ1) is 36.4. The molecule has 0 N–H and O–H groups in total. The molecule has 3 heterocycles. The molecule has 282 valence electrons. The number of pyridine rings is 1. The summed E-state index contributed by atoms with van der Waals surface area (Å²) in [6, 6.07) is 53.3. The summed E-state index contributed by atoms with van der Waals surface area (Å²) in [6.07, 6.45) is 1.90. The van der Waals surface area contributed by atoms with Crippen molar-refractivity contribution >= 4 is 33.3 Å². The molecule has 2 aromatic heterocycles. The van der Waals surface area contributed by atoms with E-state index < -0.39 is 11.1 Å². The fraction of sp³-hybridized carbons (Fsp3) is 0.208. The Bertz CT molecular complexity index is 2780. The Hall–Kier alpha value is -6.26. The maximum Gasteiger partial charge on any atom is 0.136 e. The first-order valence-electron chi connectivity index (χ1n) is 20.1. The Morgan fingerprint density at radius 2 is 1.14 bits per heavy atom. The quantitative estimate of drug-likeness (QED) is 0.163. The smallest absolute Gasteiger partial charge is 0.136 e. The summed E-state index contributed by atoms with van der Waals surface area (Å²) in [4.78, 5) is 13.4. The maximum absolute atomic E-state index is 6.03. The Kier molecular flexibility index (Phi) is 8.77. The number of hydrogen-bond acceptors (Lipinski definition) is 3. The number of benzene rings is 6. The molecule has 6 aromatic carbocycles. The van der Waals surface area contributed by atoms with E-state index in [4.69, 9.17) is 9.98 Å². The Morgan fingerprint density at radius 3 is 1.81 bits per heavy atom. The van der Waals surface area contributed by atoms with Gasteiger partial charge in [0.15, 0.2) is 0 Å². The van der Waals surface area contributed by atoms with Crippen LogP contribution in [0.2, 0.25) is 0 Å². The molecule has 0 fully saturated rings. The van der Waals surface area contributed by atoms with Gasteiger partial charge < -0.3 is 9.47 Å². The van der Waals surface area contributed by atoms with E-state index in [1.165, 1.54) is 60.9 Å². The summed E-state index contributed by atoms with van der Waals surface area (Å²) in [7, 11) is 0. The topological polar surface area (TPSA) is 33.4 Å².